The van der Waals surface area contributed by atoms with Crippen LogP contribution in [-0.2, 0) is 16.3 Å². The Morgan fingerprint density at radius 2 is 1.67 bits per heavy atom. The summed E-state index contributed by atoms with van der Waals surface area (Å²) in [4.78, 5) is 14.6. The molecule has 1 aliphatic heterocycles. The van der Waals surface area contributed by atoms with E-state index in [0.29, 0.717) is 17.6 Å². The number of ether oxygens (including phenoxy) is 1. The zero-order chi connectivity index (χ0) is 20.9. The molecule has 1 aliphatic rings. The molecule has 0 aliphatic carbocycles. The van der Waals surface area contributed by atoms with E-state index in [-0.39, 0.29) is 10.3 Å². The molecule has 0 bridgehead atoms. The van der Waals surface area contributed by atoms with E-state index in [4.69, 9.17) is 4.74 Å². The molecule has 0 saturated heterocycles. The van der Waals surface area contributed by atoms with Crippen LogP contribution in [0.3, 0.4) is 0 Å². The zero-order valence-corrected chi connectivity index (χ0v) is 17.8. The minimum atomic E-state index is -3.29. The second kappa shape index (κ2) is 7.07. The van der Waals surface area contributed by atoms with Crippen molar-refractivity contribution in [2.24, 2.45) is 0 Å². The number of hydrogen-bond acceptors (Lipinski definition) is 5. The quantitative estimate of drug-likeness (QED) is 0.459. The van der Waals surface area contributed by atoms with Crippen LogP contribution in [-0.4, -0.2) is 21.3 Å². The minimum absolute atomic E-state index is 0.0228. The normalized spacial score (nSPS) is 13.2. The van der Waals surface area contributed by atoms with Gasteiger partial charge in [-0.3, -0.25) is 4.79 Å². The Bertz CT molecular complexity index is 1450. The molecule has 150 valence electrons. The molecule has 30 heavy (non-hydrogen) atoms. The van der Waals surface area contributed by atoms with Crippen LogP contribution < -0.4 is 10.2 Å². The largest absolute Gasteiger partial charge is 0.493 e. The maximum absolute atomic E-state index is 13.5. The molecule has 2 heterocycles. The predicted octanol–water partition coefficient (Wildman–Crippen LogP) is 4.93. The topological polar surface area (TPSA) is 60.4 Å². The van der Waals surface area contributed by atoms with Gasteiger partial charge in [-0.25, -0.2) is 8.42 Å². The van der Waals surface area contributed by atoms with Gasteiger partial charge >= 0.3 is 0 Å². The zero-order valence-electron chi connectivity index (χ0n) is 16.2. The first-order chi connectivity index (χ1) is 14.4. The molecule has 4 aromatic rings. The SMILES string of the molecule is CS(=O)(=O)c1ccc(-c2sc3ccccc3c(=O)c2-c2ccc3c(c2)CCO3)cc1. The van der Waals surface area contributed by atoms with Crippen molar-refractivity contribution in [1.29, 1.82) is 0 Å². The average Bonchev–Trinajstić information content (AvgIpc) is 3.21. The standard InChI is InChI=1S/C24H18O4S2/c1-30(26,27)18-9-6-15(7-10-18)24-22(17-8-11-20-16(14-17)12-13-28-20)23(25)19-4-2-3-5-21(19)29-24/h2-11,14H,12-13H2,1H3. The first-order valence-electron chi connectivity index (χ1n) is 9.54. The Morgan fingerprint density at radius 3 is 2.43 bits per heavy atom. The monoisotopic (exact) mass is 434 g/mol. The summed E-state index contributed by atoms with van der Waals surface area (Å²) in [5, 5.41) is 0.686. The molecule has 3 aromatic carbocycles. The van der Waals surface area contributed by atoms with Gasteiger partial charge in [-0.1, -0.05) is 30.3 Å². The molecule has 0 amide bonds. The van der Waals surface area contributed by atoms with Crippen LogP contribution in [0.2, 0.25) is 0 Å². The minimum Gasteiger partial charge on any atom is -0.493 e. The Balaban J connectivity index is 1.79. The van der Waals surface area contributed by atoms with Gasteiger partial charge in [-0.05, 0) is 53.1 Å². The highest BCUT2D eigenvalue weighted by Crippen LogP contribution is 2.39. The lowest BCUT2D eigenvalue weighted by molar-refractivity contribution is 0.357. The smallest absolute Gasteiger partial charge is 0.196 e. The van der Waals surface area contributed by atoms with E-state index < -0.39 is 9.84 Å². The Kier molecular flexibility index (Phi) is 4.49. The van der Waals surface area contributed by atoms with Crippen molar-refractivity contribution in [3.63, 3.8) is 0 Å². The number of benzene rings is 3. The summed E-state index contributed by atoms with van der Waals surface area (Å²) in [6, 6.07) is 20.2. The van der Waals surface area contributed by atoms with Crippen molar-refractivity contribution in [1.82, 2.24) is 0 Å². The van der Waals surface area contributed by atoms with Crippen molar-refractivity contribution in [3.05, 3.63) is 82.5 Å². The van der Waals surface area contributed by atoms with E-state index in [0.717, 1.165) is 38.4 Å². The number of hydrogen-bond donors (Lipinski definition) is 0. The van der Waals surface area contributed by atoms with Crippen LogP contribution >= 0.6 is 11.3 Å². The summed E-state index contributed by atoms with van der Waals surface area (Å²) in [7, 11) is -3.29. The third-order valence-electron chi connectivity index (χ3n) is 5.32. The summed E-state index contributed by atoms with van der Waals surface area (Å²) in [6.07, 6.45) is 2.02. The van der Waals surface area contributed by atoms with Crippen LogP contribution in [0, 0.1) is 0 Å². The second-order valence-corrected chi connectivity index (χ2v) is 10.4. The Labute approximate surface area is 178 Å². The average molecular weight is 435 g/mol. The van der Waals surface area contributed by atoms with Crippen LogP contribution in [0.1, 0.15) is 5.56 Å². The van der Waals surface area contributed by atoms with Crippen molar-refractivity contribution < 1.29 is 13.2 Å². The molecule has 0 atom stereocenters. The van der Waals surface area contributed by atoms with Gasteiger partial charge in [-0.15, -0.1) is 11.3 Å². The van der Waals surface area contributed by atoms with E-state index in [2.05, 4.69) is 0 Å². The molecule has 5 rings (SSSR count). The maximum Gasteiger partial charge on any atom is 0.196 e. The number of fused-ring (bicyclic) bond motifs is 2. The van der Waals surface area contributed by atoms with E-state index >= 15 is 0 Å². The third-order valence-corrected chi connectivity index (χ3v) is 7.67. The molecule has 0 N–H and O–H groups in total. The fraction of sp³-hybridized carbons (Fsp3) is 0.125. The fourth-order valence-corrected chi connectivity index (χ4v) is 5.64. The highest BCUT2D eigenvalue weighted by molar-refractivity contribution is 7.90. The van der Waals surface area contributed by atoms with E-state index in [1.165, 1.54) is 6.26 Å². The molecular formula is C24H18O4S2. The van der Waals surface area contributed by atoms with Crippen molar-refractivity contribution in [2.75, 3.05) is 12.9 Å². The van der Waals surface area contributed by atoms with E-state index in [1.54, 1.807) is 35.6 Å². The van der Waals surface area contributed by atoms with Gasteiger partial charge in [0.25, 0.3) is 0 Å². The van der Waals surface area contributed by atoms with Crippen molar-refractivity contribution in [3.8, 4) is 27.3 Å². The van der Waals surface area contributed by atoms with Gasteiger partial charge in [0, 0.05) is 33.2 Å². The molecular weight excluding hydrogens is 416 g/mol. The van der Waals surface area contributed by atoms with Gasteiger partial charge < -0.3 is 4.74 Å². The molecule has 0 radical (unpaired) electrons. The van der Waals surface area contributed by atoms with Crippen molar-refractivity contribution >= 4 is 31.3 Å². The lowest BCUT2D eigenvalue weighted by atomic mass is 9.98. The Morgan fingerprint density at radius 1 is 0.933 bits per heavy atom. The van der Waals surface area contributed by atoms with Gasteiger partial charge in [0.05, 0.1) is 11.5 Å². The maximum atomic E-state index is 13.5. The second-order valence-electron chi connectivity index (χ2n) is 7.35. The van der Waals surface area contributed by atoms with Gasteiger partial charge in [0.15, 0.2) is 15.3 Å². The highest BCUT2D eigenvalue weighted by atomic mass is 32.2. The van der Waals surface area contributed by atoms with Gasteiger partial charge in [0.2, 0.25) is 0 Å². The summed E-state index contributed by atoms with van der Waals surface area (Å²) in [6.45, 7) is 0.656. The summed E-state index contributed by atoms with van der Waals surface area (Å²) in [5.41, 5.74) is 3.39. The fourth-order valence-electron chi connectivity index (χ4n) is 3.80. The molecule has 0 spiro atoms. The van der Waals surface area contributed by atoms with Crippen molar-refractivity contribution in [2.45, 2.75) is 11.3 Å². The lowest BCUT2D eigenvalue weighted by Gasteiger charge is -2.12. The van der Waals surface area contributed by atoms with Crippen LogP contribution in [0.25, 0.3) is 31.7 Å². The summed E-state index contributed by atoms with van der Waals surface area (Å²) in [5.74, 6) is 0.870. The van der Waals surface area contributed by atoms with E-state index in [9.17, 15) is 13.2 Å². The van der Waals surface area contributed by atoms with E-state index in [1.807, 2.05) is 42.5 Å². The van der Waals surface area contributed by atoms with Crippen LogP contribution in [0.15, 0.2) is 76.4 Å². The van der Waals surface area contributed by atoms with Crippen LogP contribution in [0.5, 0.6) is 5.75 Å². The number of sulfone groups is 1. The molecule has 1 aromatic heterocycles. The Hall–Kier alpha value is -2.96. The molecule has 0 saturated carbocycles. The molecule has 0 unspecified atom stereocenters. The lowest BCUT2D eigenvalue weighted by Crippen LogP contribution is -2.06. The van der Waals surface area contributed by atoms with Gasteiger partial charge in [-0.2, -0.15) is 0 Å². The highest BCUT2D eigenvalue weighted by Gasteiger charge is 2.19. The first kappa shape index (κ1) is 19.0. The van der Waals surface area contributed by atoms with Crippen LogP contribution in [0.4, 0.5) is 0 Å². The summed E-state index contributed by atoms with van der Waals surface area (Å²) >= 11 is 1.54. The number of rotatable bonds is 3. The summed E-state index contributed by atoms with van der Waals surface area (Å²) < 4.78 is 30.2. The molecule has 4 nitrogen and oxygen atoms in total. The van der Waals surface area contributed by atoms with Gasteiger partial charge in [0.1, 0.15) is 5.75 Å². The first-order valence-corrected chi connectivity index (χ1v) is 12.2. The predicted molar refractivity (Wildman–Crippen MR) is 121 cm³/mol. The molecule has 6 heteroatoms. The molecule has 0 fully saturated rings. The third kappa shape index (κ3) is 3.22.